The van der Waals surface area contributed by atoms with Gasteiger partial charge in [0.1, 0.15) is 12.4 Å². The van der Waals surface area contributed by atoms with E-state index >= 15 is 0 Å². The van der Waals surface area contributed by atoms with Gasteiger partial charge in [-0.3, -0.25) is 0 Å². The lowest BCUT2D eigenvalue weighted by Gasteiger charge is -2.10. The molecule has 3 heteroatoms. The lowest BCUT2D eigenvalue weighted by atomic mass is 9.98. The molecule has 0 heterocycles. The summed E-state index contributed by atoms with van der Waals surface area (Å²) in [5.74, 6) is -1.16. The van der Waals surface area contributed by atoms with Gasteiger partial charge in [0.2, 0.25) is 0 Å². The summed E-state index contributed by atoms with van der Waals surface area (Å²) in [7, 11) is 0. The van der Waals surface area contributed by atoms with E-state index in [-0.39, 0.29) is 10.9 Å². The lowest BCUT2D eigenvalue weighted by molar-refractivity contribution is 0.363. The van der Waals surface area contributed by atoms with E-state index in [1.54, 1.807) is 24.3 Å². The van der Waals surface area contributed by atoms with Crippen LogP contribution in [0.4, 0.5) is 8.78 Å². The molecule has 0 aromatic heterocycles. The van der Waals surface area contributed by atoms with Crippen LogP contribution in [0.15, 0.2) is 60.7 Å². The highest BCUT2D eigenvalue weighted by Crippen LogP contribution is 2.32. The summed E-state index contributed by atoms with van der Waals surface area (Å²) in [4.78, 5) is 0. The molecule has 0 saturated carbocycles. The summed E-state index contributed by atoms with van der Waals surface area (Å²) >= 11 is 0. The van der Waals surface area contributed by atoms with Gasteiger partial charge in [-0.05, 0) is 48.1 Å². The lowest BCUT2D eigenvalue weighted by Crippen LogP contribution is -1.96. The van der Waals surface area contributed by atoms with Crippen LogP contribution in [-0.2, 0) is 6.42 Å². The van der Waals surface area contributed by atoms with Crippen molar-refractivity contribution < 1.29 is 13.5 Å². The van der Waals surface area contributed by atoms with Crippen molar-refractivity contribution in [3.8, 4) is 16.9 Å². The normalized spacial score (nSPS) is 11.4. The molecule has 0 aliphatic carbocycles. The second-order valence-corrected chi connectivity index (χ2v) is 5.87. The summed E-state index contributed by atoms with van der Waals surface area (Å²) in [6.45, 7) is 4.35. The predicted octanol–water partition coefficient (Wildman–Crippen LogP) is 6.30. The summed E-state index contributed by atoms with van der Waals surface area (Å²) in [6, 6.07) is 14.3. The summed E-state index contributed by atoms with van der Waals surface area (Å²) in [5.41, 5.74) is 2.10. The molecule has 3 rings (SSSR count). The van der Waals surface area contributed by atoms with Crippen molar-refractivity contribution in [1.82, 2.24) is 0 Å². The largest absolute Gasteiger partial charge is 0.490 e. The second-order valence-electron chi connectivity index (χ2n) is 5.87. The zero-order chi connectivity index (χ0) is 17.8. The molecule has 0 radical (unpaired) electrons. The number of fused-ring (bicyclic) bond motifs is 1. The minimum atomic E-state index is -0.844. The Hall–Kier alpha value is -2.68. The molecule has 3 aromatic carbocycles. The zero-order valence-electron chi connectivity index (χ0n) is 14.4. The van der Waals surface area contributed by atoms with Gasteiger partial charge in [0.05, 0.1) is 0 Å². The number of hydrogen-bond acceptors (Lipinski definition) is 1. The van der Waals surface area contributed by atoms with Crippen molar-refractivity contribution in [2.45, 2.75) is 20.3 Å². The van der Waals surface area contributed by atoms with Gasteiger partial charge in [-0.1, -0.05) is 49.4 Å². The summed E-state index contributed by atoms with van der Waals surface area (Å²) in [6.07, 6.45) is 4.63. The van der Waals surface area contributed by atoms with Gasteiger partial charge in [0.25, 0.3) is 0 Å². The highest BCUT2D eigenvalue weighted by atomic mass is 19.2. The smallest absolute Gasteiger partial charge is 0.167 e. The van der Waals surface area contributed by atoms with Crippen LogP contribution in [0.2, 0.25) is 0 Å². The van der Waals surface area contributed by atoms with Gasteiger partial charge < -0.3 is 4.74 Å². The summed E-state index contributed by atoms with van der Waals surface area (Å²) < 4.78 is 34.7. The maximum Gasteiger partial charge on any atom is 0.167 e. The van der Waals surface area contributed by atoms with E-state index in [0.29, 0.717) is 23.3 Å². The first-order valence-corrected chi connectivity index (χ1v) is 8.39. The number of benzene rings is 3. The van der Waals surface area contributed by atoms with E-state index in [1.165, 1.54) is 0 Å². The van der Waals surface area contributed by atoms with E-state index in [9.17, 15) is 8.78 Å². The van der Waals surface area contributed by atoms with E-state index in [2.05, 4.69) is 6.92 Å². The van der Waals surface area contributed by atoms with Crippen LogP contribution in [-0.4, -0.2) is 6.61 Å². The Morgan fingerprint density at radius 3 is 2.40 bits per heavy atom. The Bertz CT molecular complexity index is 911. The van der Waals surface area contributed by atoms with Gasteiger partial charge in [0, 0.05) is 10.9 Å². The molecule has 0 aliphatic heterocycles. The van der Waals surface area contributed by atoms with Gasteiger partial charge in [-0.15, -0.1) is 0 Å². The quantitative estimate of drug-likeness (QED) is 0.496. The first-order valence-electron chi connectivity index (χ1n) is 8.39. The minimum absolute atomic E-state index is 0.226. The molecule has 0 amide bonds. The SMILES string of the molecule is CC=CCOc1ccc2cc(-c3ccc(CC)cc3)c(F)c(F)c2c1. The number of aryl methyl sites for hydroxylation is 1. The zero-order valence-corrected chi connectivity index (χ0v) is 14.4. The molecule has 0 atom stereocenters. The molecule has 0 spiro atoms. The Kier molecular flexibility index (Phi) is 5.13. The van der Waals surface area contributed by atoms with Crippen LogP contribution in [0.5, 0.6) is 5.75 Å². The highest BCUT2D eigenvalue weighted by Gasteiger charge is 2.15. The predicted molar refractivity (Wildman–Crippen MR) is 99.0 cm³/mol. The van der Waals surface area contributed by atoms with Gasteiger partial charge >= 0.3 is 0 Å². The van der Waals surface area contributed by atoms with Crippen LogP contribution in [0.25, 0.3) is 21.9 Å². The van der Waals surface area contributed by atoms with Crippen LogP contribution in [0.3, 0.4) is 0 Å². The third-order valence-corrected chi connectivity index (χ3v) is 4.25. The standard InChI is InChI=1S/C22H20F2O/c1-3-5-12-25-18-11-10-17-13-19(21(23)22(24)20(17)14-18)16-8-6-15(4-2)7-9-16/h3,5-11,13-14H,4,12H2,1-2H3. The molecule has 0 bridgehead atoms. The van der Waals surface area contributed by atoms with Crippen molar-refractivity contribution in [3.63, 3.8) is 0 Å². The number of hydrogen-bond donors (Lipinski definition) is 0. The van der Waals surface area contributed by atoms with Crippen molar-refractivity contribution in [3.05, 3.63) is 77.9 Å². The van der Waals surface area contributed by atoms with Crippen molar-refractivity contribution >= 4 is 10.8 Å². The van der Waals surface area contributed by atoms with Crippen molar-refractivity contribution in [2.24, 2.45) is 0 Å². The second kappa shape index (κ2) is 7.47. The van der Waals surface area contributed by atoms with Gasteiger partial charge in [-0.2, -0.15) is 0 Å². The third kappa shape index (κ3) is 3.55. The van der Waals surface area contributed by atoms with Crippen LogP contribution >= 0.6 is 0 Å². The van der Waals surface area contributed by atoms with Crippen LogP contribution in [0, 0.1) is 11.6 Å². The Labute approximate surface area is 146 Å². The topological polar surface area (TPSA) is 9.23 Å². The van der Waals surface area contributed by atoms with E-state index < -0.39 is 11.6 Å². The number of allylic oxidation sites excluding steroid dienone is 1. The van der Waals surface area contributed by atoms with Crippen molar-refractivity contribution in [2.75, 3.05) is 6.61 Å². The fraction of sp³-hybridized carbons (Fsp3) is 0.182. The Morgan fingerprint density at radius 1 is 0.960 bits per heavy atom. The Morgan fingerprint density at radius 2 is 1.72 bits per heavy atom. The maximum absolute atomic E-state index is 14.6. The molecule has 0 fully saturated rings. The molecule has 0 unspecified atom stereocenters. The fourth-order valence-electron chi connectivity index (χ4n) is 2.77. The molecule has 25 heavy (non-hydrogen) atoms. The van der Waals surface area contributed by atoms with Crippen LogP contribution in [0.1, 0.15) is 19.4 Å². The molecular formula is C22H20F2O. The molecule has 0 N–H and O–H groups in total. The monoisotopic (exact) mass is 338 g/mol. The fourth-order valence-corrected chi connectivity index (χ4v) is 2.77. The number of rotatable bonds is 5. The van der Waals surface area contributed by atoms with Crippen molar-refractivity contribution in [1.29, 1.82) is 0 Å². The van der Waals surface area contributed by atoms with Crippen LogP contribution < -0.4 is 4.74 Å². The number of halogens is 2. The Balaban J connectivity index is 2.04. The minimum Gasteiger partial charge on any atom is -0.490 e. The average Bonchev–Trinajstić information content (AvgIpc) is 2.65. The van der Waals surface area contributed by atoms with Gasteiger partial charge in [0.15, 0.2) is 11.6 Å². The molecule has 0 saturated heterocycles. The summed E-state index contributed by atoms with van der Waals surface area (Å²) in [5, 5.41) is 0.872. The molecular weight excluding hydrogens is 318 g/mol. The number of ether oxygens (including phenoxy) is 1. The third-order valence-electron chi connectivity index (χ3n) is 4.25. The highest BCUT2D eigenvalue weighted by molar-refractivity contribution is 5.89. The van der Waals surface area contributed by atoms with E-state index in [4.69, 9.17) is 4.74 Å². The maximum atomic E-state index is 14.6. The molecule has 1 nitrogen and oxygen atoms in total. The molecule has 3 aromatic rings. The molecule has 128 valence electrons. The van der Waals surface area contributed by atoms with E-state index in [0.717, 1.165) is 12.0 Å². The van der Waals surface area contributed by atoms with E-state index in [1.807, 2.05) is 43.3 Å². The first kappa shape index (κ1) is 17.2. The average molecular weight is 338 g/mol. The molecule has 0 aliphatic rings. The first-order chi connectivity index (χ1) is 12.1. The van der Waals surface area contributed by atoms with Gasteiger partial charge in [-0.25, -0.2) is 8.78 Å².